The Morgan fingerprint density at radius 1 is 1.09 bits per heavy atom. The van der Waals surface area contributed by atoms with Crippen molar-refractivity contribution in [1.29, 1.82) is 0 Å². The number of anilines is 1. The fraction of sp³-hybridized carbons (Fsp3) is 0.647. The number of likely N-dealkylation sites (tertiary alicyclic amines) is 1. The molecule has 0 aromatic carbocycles. The Hall–Kier alpha value is -1.62. The maximum absolute atomic E-state index is 12.3. The number of rotatable bonds is 3. The fourth-order valence-corrected chi connectivity index (χ4v) is 3.45. The second-order valence-corrected chi connectivity index (χ2v) is 6.37. The van der Waals surface area contributed by atoms with Crippen LogP contribution in [0.1, 0.15) is 24.8 Å². The summed E-state index contributed by atoms with van der Waals surface area (Å²) in [6.45, 7) is 8.62. The van der Waals surface area contributed by atoms with Gasteiger partial charge >= 0.3 is 0 Å². The Balaban J connectivity index is 1.56. The van der Waals surface area contributed by atoms with Crippen molar-refractivity contribution in [2.45, 2.75) is 26.2 Å². The first-order valence-electron chi connectivity index (χ1n) is 8.40. The number of aryl methyl sites for hydroxylation is 1. The largest absolute Gasteiger partial charge is 0.370 e. The van der Waals surface area contributed by atoms with Crippen LogP contribution in [0.15, 0.2) is 18.5 Å². The van der Waals surface area contributed by atoms with Gasteiger partial charge in [0.05, 0.1) is 6.54 Å². The lowest BCUT2D eigenvalue weighted by molar-refractivity contribution is -0.131. The highest BCUT2D eigenvalue weighted by molar-refractivity contribution is 5.78. The number of nitrogens with zero attached hydrogens (tertiary/aromatic N) is 4. The predicted octanol–water partition coefficient (Wildman–Crippen LogP) is 1.52. The van der Waals surface area contributed by atoms with E-state index in [4.69, 9.17) is 0 Å². The summed E-state index contributed by atoms with van der Waals surface area (Å²) in [4.78, 5) is 23.2. The second kappa shape index (κ2) is 7.09. The van der Waals surface area contributed by atoms with Gasteiger partial charge in [-0.15, -0.1) is 0 Å². The van der Waals surface area contributed by atoms with E-state index in [1.807, 2.05) is 17.3 Å². The molecule has 5 nitrogen and oxygen atoms in total. The van der Waals surface area contributed by atoms with Gasteiger partial charge in [0.15, 0.2) is 0 Å². The Labute approximate surface area is 132 Å². The molecular weight excluding hydrogens is 276 g/mol. The third-order valence-corrected chi connectivity index (χ3v) is 4.74. The Kier molecular flexibility index (Phi) is 4.93. The highest BCUT2D eigenvalue weighted by atomic mass is 16.2. The fourth-order valence-electron chi connectivity index (χ4n) is 3.45. The summed E-state index contributed by atoms with van der Waals surface area (Å²) in [6.07, 6.45) is 7.23. The number of hydrogen-bond acceptors (Lipinski definition) is 4. The van der Waals surface area contributed by atoms with Gasteiger partial charge < -0.3 is 9.80 Å². The molecule has 0 N–H and O–H groups in total. The van der Waals surface area contributed by atoms with Gasteiger partial charge in [-0.2, -0.15) is 0 Å². The Morgan fingerprint density at radius 2 is 1.91 bits per heavy atom. The molecule has 1 amide bonds. The van der Waals surface area contributed by atoms with E-state index in [9.17, 15) is 4.79 Å². The number of pyridine rings is 1. The van der Waals surface area contributed by atoms with Crippen molar-refractivity contribution in [2.75, 3.05) is 50.7 Å². The molecule has 0 unspecified atom stereocenters. The maximum Gasteiger partial charge on any atom is 0.236 e. The molecule has 120 valence electrons. The first-order chi connectivity index (χ1) is 10.7. The molecule has 0 saturated carbocycles. The molecule has 3 rings (SSSR count). The number of aromatic nitrogens is 1. The number of carbonyl (C=O) groups excluding carboxylic acids is 1. The standard InChI is InChI=1S/C17H26N4O/c1-15-13-18-6-5-16(15)20-10-4-7-19(11-12-20)14-17(22)21-8-2-3-9-21/h5-6,13H,2-4,7-12,14H2,1H3. The van der Waals surface area contributed by atoms with E-state index in [-0.39, 0.29) is 0 Å². The zero-order chi connectivity index (χ0) is 15.4. The third kappa shape index (κ3) is 3.58. The minimum absolute atomic E-state index is 0.311. The topological polar surface area (TPSA) is 39.7 Å². The van der Waals surface area contributed by atoms with E-state index in [2.05, 4.69) is 27.8 Å². The summed E-state index contributed by atoms with van der Waals surface area (Å²) in [7, 11) is 0. The van der Waals surface area contributed by atoms with Crippen LogP contribution in [-0.2, 0) is 4.79 Å². The van der Waals surface area contributed by atoms with Gasteiger partial charge in [0.2, 0.25) is 5.91 Å². The lowest BCUT2D eigenvalue weighted by Crippen LogP contribution is -2.40. The molecule has 2 aliphatic heterocycles. The molecule has 0 aliphatic carbocycles. The minimum Gasteiger partial charge on any atom is -0.370 e. The van der Waals surface area contributed by atoms with Crippen LogP contribution in [0.3, 0.4) is 0 Å². The van der Waals surface area contributed by atoms with Gasteiger partial charge in [-0.3, -0.25) is 14.7 Å². The van der Waals surface area contributed by atoms with Crippen molar-refractivity contribution < 1.29 is 4.79 Å². The van der Waals surface area contributed by atoms with Gasteiger partial charge in [-0.05, 0) is 37.8 Å². The van der Waals surface area contributed by atoms with Crippen molar-refractivity contribution >= 4 is 11.6 Å². The van der Waals surface area contributed by atoms with Crippen LogP contribution in [0.25, 0.3) is 0 Å². The van der Waals surface area contributed by atoms with Gasteiger partial charge in [0.1, 0.15) is 0 Å². The molecule has 3 heterocycles. The highest BCUT2D eigenvalue weighted by Gasteiger charge is 2.22. The number of carbonyl (C=O) groups is 1. The monoisotopic (exact) mass is 302 g/mol. The molecule has 0 spiro atoms. The number of hydrogen-bond donors (Lipinski definition) is 0. The number of amides is 1. The first kappa shape index (κ1) is 15.3. The Morgan fingerprint density at radius 3 is 2.68 bits per heavy atom. The summed E-state index contributed by atoms with van der Waals surface area (Å²) < 4.78 is 0. The van der Waals surface area contributed by atoms with Crippen LogP contribution < -0.4 is 4.90 Å². The van der Waals surface area contributed by atoms with E-state index in [0.29, 0.717) is 12.5 Å². The summed E-state index contributed by atoms with van der Waals surface area (Å²) >= 11 is 0. The summed E-state index contributed by atoms with van der Waals surface area (Å²) in [6, 6.07) is 2.10. The molecule has 2 saturated heterocycles. The quantitative estimate of drug-likeness (QED) is 0.849. The van der Waals surface area contributed by atoms with Gasteiger partial charge in [-0.1, -0.05) is 0 Å². The van der Waals surface area contributed by atoms with Crippen LogP contribution in [0.5, 0.6) is 0 Å². The van der Waals surface area contributed by atoms with Gasteiger partial charge in [0, 0.05) is 57.3 Å². The van der Waals surface area contributed by atoms with E-state index in [1.54, 1.807) is 0 Å². The maximum atomic E-state index is 12.3. The molecule has 1 aromatic heterocycles. The molecule has 2 fully saturated rings. The van der Waals surface area contributed by atoms with E-state index < -0.39 is 0 Å². The van der Waals surface area contributed by atoms with Crippen molar-refractivity contribution in [2.24, 2.45) is 0 Å². The molecule has 0 bridgehead atoms. The molecule has 0 radical (unpaired) electrons. The smallest absolute Gasteiger partial charge is 0.236 e. The van der Waals surface area contributed by atoms with E-state index in [0.717, 1.165) is 45.7 Å². The van der Waals surface area contributed by atoms with Crippen molar-refractivity contribution in [3.8, 4) is 0 Å². The van der Waals surface area contributed by atoms with Crippen LogP contribution in [0.2, 0.25) is 0 Å². The van der Waals surface area contributed by atoms with Crippen LogP contribution in [-0.4, -0.2) is 66.5 Å². The van der Waals surface area contributed by atoms with Gasteiger partial charge in [-0.25, -0.2) is 0 Å². The Bertz CT molecular complexity index is 513. The second-order valence-electron chi connectivity index (χ2n) is 6.37. The molecule has 5 heteroatoms. The summed E-state index contributed by atoms with van der Waals surface area (Å²) in [5.41, 5.74) is 2.51. The van der Waals surface area contributed by atoms with E-state index >= 15 is 0 Å². The van der Waals surface area contributed by atoms with Crippen LogP contribution >= 0.6 is 0 Å². The van der Waals surface area contributed by atoms with Crippen LogP contribution in [0, 0.1) is 6.92 Å². The van der Waals surface area contributed by atoms with Gasteiger partial charge in [0.25, 0.3) is 0 Å². The molecular formula is C17H26N4O. The zero-order valence-corrected chi connectivity index (χ0v) is 13.5. The minimum atomic E-state index is 0.311. The average Bonchev–Trinajstić information content (AvgIpc) is 2.96. The molecule has 0 atom stereocenters. The first-order valence-corrected chi connectivity index (χ1v) is 8.40. The molecule has 22 heavy (non-hydrogen) atoms. The third-order valence-electron chi connectivity index (χ3n) is 4.74. The predicted molar refractivity (Wildman–Crippen MR) is 88.1 cm³/mol. The van der Waals surface area contributed by atoms with Crippen molar-refractivity contribution in [3.05, 3.63) is 24.0 Å². The van der Waals surface area contributed by atoms with Crippen molar-refractivity contribution in [1.82, 2.24) is 14.8 Å². The zero-order valence-electron chi connectivity index (χ0n) is 13.5. The SMILES string of the molecule is Cc1cnccc1N1CCCN(CC(=O)N2CCCC2)CC1. The lowest BCUT2D eigenvalue weighted by atomic mass is 10.2. The molecule has 1 aromatic rings. The summed E-state index contributed by atoms with van der Waals surface area (Å²) in [5.74, 6) is 0.311. The van der Waals surface area contributed by atoms with E-state index in [1.165, 1.54) is 24.1 Å². The average molecular weight is 302 g/mol. The van der Waals surface area contributed by atoms with Crippen molar-refractivity contribution in [3.63, 3.8) is 0 Å². The highest BCUT2D eigenvalue weighted by Crippen LogP contribution is 2.20. The lowest BCUT2D eigenvalue weighted by Gasteiger charge is -2.25. The summed E-state index contributed by atoms with van der Waals surface area (Å²) in [5, 5.41) is 0. The molecule has 2 aliphatic rings. The van der Waals surface area contributed by atoms with Crippen LogP contribution in [0.4, 0.5) is 5.69 Å². The normalized spacial score (nSPS) is 20.2.